The highest BCUT2D eigenvalue weighted by atomic mass is 16.4. The van der Waals surface area contributed by atoms with Crippen molar-refractivity contribution in [2.75, 3.05) is 6.54 Å². The molecule has 0 radical (unpaired) electrons. The molecule has 0 aliphatic carbocycles. The molecule has 5 N–H and O–H groups in total. The Labute approximate surface area is 82.1 Å². The normalized spacial score (nSPS) is 14.5. The van der Waals surface area contributed by atoms with Crippen molar-refractivity contribution in [2.45, 2.75) is 31.9 Å². The molecule has 0 fully saturated rings. The van der Waals surface area contributed by atoms with E-state index in [0.29, 0.717) is 0 Å². The molecule has 14 heavy (non-hydrogen) atoms. The first-order chi connectivity index (χ1) is 6.43. The van der Waals surface area contributed by atoms with Crippen LogP contribution >= 0.6 is 0 Å². The minimum Gasteiger partial charge on any atom is -0.479 e. The predicted molar refractivity (Wildman–Crippen MR) is 49.5 cm³/mol. The standard InChI is InChI=1S/C8H16N2O4/c1-5(9)4-7(12)10-3-2-6(11)8(13)14/h5-6,11H,2-4,9H2,1H3,(H,10,12)(H,13,14)/t5?,6-/m0/s1. The van der Waals surface area contributed by atoms with E-state index in [-0.39, 0.29) is 31.3 Å². The van der Waals surface area contributed by atoms with Crippen LogP contribution in [0.3, 0.4) is 0 Å². The molecule has 0 saturated carbocycles. The zero-order valence-electron chi connectivity index (χ0n) is 8.06. The van der Waals surface area contributed by atoms with Crippen LogP contribution in [0.2, 0.25) is 0 Å². The van der Waals surface area contributed by atoms with E-state index < -0.39 is 12.1 Å². The molecule has 0 aliphatic rings. The molecule has 82 valence electrons. The summed E-state index contributed by atoms with van der Waals surface area (Å²) in [6.45, 7) is 1.84. The zero-order valence-corrected chi connectivity index (χ0v) is 8.06. The van der Waals surface area contributed by atoms with Gasteiger partial charge in [0.25, 0.3) is 0 Å². The van der Waals surface area contributed by atoms with Crippen molar-refractivity contribution in [1.82, 2.24) is 5.32 Å². The lowest BCUT2D eigenvalue weighted by atomic mass is 10.2. The molecule has 6 heteroatoms. The number of aliphatic carboxylic acids is 1. The van der Waals surface area contributed by atoms with E-state index in [9.17, 15) is 9.59 Å². The van der Waals surface area contributed by atoms with Crippen molar-refractivity contribution in [3.63, 3.8) is 0 Å². The number of carbonyl (C=O) groups is 2. The van der Waals surface area contributed by atoms with Gasteiger partial charge >= 0.3 is 5.97 Å². The minimum absolute atomic E-state index is 0.0000255. The van der Waals surface area contributed by atoms with Crippen LogP contribution in [0.4, 0.5) is 0 Å². The van der Waals surface area contributed by atoms with Gasteiger partial charge in [0.2, 0.25) is 5.91 Å². The number of hydrogen-bond acceptors (Lipinski definition) is 4. The SMILES string of the molecule is CC(N)CC(=O)NCC[C@H](O)C(=O)O. The third-order valence-electron chi connectivity index (χ3n) is 1.53. The van der Waals surface area contributed by atoms with Crippen LogP contribution in [0.1, 0.15) is 19.8 Å². The molecule has 0 aliphatic heterocycles. The number of amides is 1. The van der Waals surface area contributed by atoms with E-state index in [1.54, 1.807) is 6.92 Å². The second kappa shape index (κ2) is 6.33. The van der Waals surface area contributed by atoms with Crippen molar-refractivity contribution in [3.05, 3.63) is 0 Å². The van der Waals surface area contributed by atoms with Crippen LogP contribution in [0.5, 0.6) is 0 Å². The number of carbonyl (C=O) groups excluding carboxylic acids is 1. The van der Waals surface area contributed by atoms with Crippen molar-refractivity contribution < 1.29 is 19.8 Å². The molecule has 1 amide bonds. The molecule has 0 saturated heterocycles. The summed E-state index contributed by atoms with van der Waals surface area (Å²) < 4.78 is 0. The monoisotopic (exact) mass is 204 g/mol. The van der Waals surface area contributed by atoms with Crippen molar-refractivity contribution in [3.8, 4) is 0 Å². The largest absolute Gasteiger partial charge is 0.479 e. The molecule has 0 spiro atoms. The van der Waals surface area contributed by atoms with Crippen LogP contribution in [-0.4, -0.2) is 40.8 Å². The lowest BCUT2D eigenvalue weighted by Gasteiger charge is -2.08. The fraction of sp³-hybridized carbons (Fsp3) is 0.750. The Hall–Kier alpha value is -1.14. The molecular weight excluding hydrogens is 188 g/mol. The average molecular weight is 204 g/mol. The van der Waals surface area contributed by atoms with Gasteiger partial charge in [0, 0.05) is 25.4 Å². The Morgan fingerprint density at radius 2 is 2.07 bits per heavy atom. The molecule has 0 bridgehead atoms. The summed E-state index contributed by atoms with van der Waals surface area (Å²) in [5, 5.41) is 19.6. The summed E-state index contributed by atoms with van der Waals surface area (Å²) in [4.78, 5) is 21.2. The topological polar surface area (TPSA) is 113 Å². The third-order valence-corrected chi connectivity index (χ3v) is 1.53. The molecule has 0 heterocycles. The van der Waals surface area contributed by atoms with Gasteiger partial charge in [-0.3, -0.25) is 4.79 Å². The van der Waals surface area contributed by atoms with E-state index in [2.05, 4.69) is 5.32 Å². The summed E-state index contributed by atoms with van der Waals surface area (Å²) in [6.07, 6.45) is -1.23. The Bertz CT molecular complexity index is 206. The fourth-order valence-corrected chi connectivity index (χ4v) is 0.836. The highest BCUT2D eigenvalue weighted by Crippen LogP contribution is 1.91. The molecule has 0 aromatic heterocycles. The van der Waals surface area contributed by atoms with E-state index in [4.69, 9.17) is 15.9 Å². The van der Waals surface area contributed by atoms with Crippen molar-refractivity contribution >= 4 is 11.9 Å². The zero-order chi connectivity index (χ0) is 11.1. The summed E-state index contributed by atoms with van der Waals surface area (Å²) in [5.41, 5.74) is 5.37. The molecule has 6 nitrogen and oxygen atoms in total. The maximum atomic E-state index is 11.0. The number of aliphatic hydroxyl groups is 1. The van der Waals surface area contributed by atoms with Crippen LogP contribution in [0.25, 0.3) is 0 Å². The Kier molecular flexibility index (Phi) is 5.82. The van der Waals surface area contributed by atoms with Gasteiger partial charge in [0.05, 0.1) is 0 Å². The van der Waals surface area contributed by atoms with Crippen LogP contribution in [0, 0.1) is 0 Å². The number of nitrogens with one attached hydrogen (secondary N) is 1. The Morgan fingerprint density at radius 3 is 2.50 bits per heavy atom. The highest BCUT2D eigenvalue weighted by molar-refractivity contribution is 5.76. The van der Waals surface area contributed by atoms with Gasteiger partial charge in [-0.25, -0.2) is 4.79 Å². The number of aliphatic hydroxyl groups excluding tert-OH is 1. The maximum absolute atomic E-state index is 11.0. The maximum Gasteiger partial charge on any atom is 0.332 e. The van der Waals surface area contributed by atoms with Gasteiger partial charge in [-0.2, -0.15) is 0 Å². The van der Waals surface area contributed by atoms with E-state index in [0.717, 1.165) is 0 Å². The van der Waals surface area contributed by atoms with Gasteiger partial charge in [0.15, 0.2) is 6.10 Å². The van der Waals surface area contributed by atoms with Gasteiger partial charge in [-0.05, 0) is 6.92 Å². The van der Waals surface area contributed by atoms with Crippen molar-refractivity contribution in [2.24, 2.45) is 5.73 Å². The molecule has 1 unspecified atom stereocenters. The van der Waals surface area contributed by atoms with Gasteiger partial charge < -0.3 is 21.3 Å². The van der Waals surface area contributed by atoms with E-state index in [1.807, 2.05) is 0 Å². The summed E-state index contributed by atoms with van der Waals surface area (Å²) in [5.74, 6) is -1.52. The van der Waals surface area contributed by atoms with Gasteiger partial charge in [0.1, 0.15) is 0 Å². The molecule has 0 rings (SSSR count). The predicted octanol–water partition coefficient (Wildman–Crippen LogP) is -1.32. The molecular formula is C8H16N2O4. The van der Waals surface area contributed by atoms with Crippen molar-refractivity contribution in [1.29, 1.82) is 0 Å². The van der Waals surface area contributed by atoms with Crippen LogP contribution < -0.4 is 11.1 Å². The molecule has 2 atom stereocenters. The lowest BCUT2D eigenvalue weighted by Crippen LogP contribution is -2.33. The highest BCUT2D eigenvalue weighted by Gasteiger charge is 2.12. The van der Waals surface area contributed by atoms with Crippen LogP contribution in [0.15, 0.2) is 0 Å². The van der Waals surface area contributed by atoms with E-state index in [1.165, 1.54) is 0 Å². The van der Waals surface area contributed by atoms with Crippen LogP contribution in [-0.2, 0) is 9.59 Å². The Morgan fingerprint density at radius 1 is 1.50 bits per heavy atom. The minimum atomic E-state index is -1.43. The summed E-state index contributed by atoms with van der Waals surface area (Å²) in [6, 6.07) is -0.223. The Balaban J connectivity index is 3.54. The number of carboxylic acid groups (broad SMARTS) is 1. The second-order valence-electron chi connectivity index (χ2n) is 3.17. The van der Waals surface area contributed by atoms with E-state index >= 15 is 0 Å². The fourth-order valence-electron chi connectivity index (χ4n) is 0.836. The number of hydrogen-bond donors (Lipinski definition) is 4. The summed E-state index contributed by atoms with van der Waals surface area (Å²) in [7, 11) is 0. The molecule has 0 aromatic rings. The summed E-state index contributed by atoms with van der Waals surface area (Å²) >= 11 is 0. The third kappa shape index (κ3) is 6.38. The first-order valence-electron chi connectivity index (χ1n) is 4.36. The number of nitrogens with two attached hydrogens (primary N) is 1. The number of carboxylic acids is 1. The second-order valence-corrected chi connectivity index (χ2v) is 3.17. The first kappa shape index (κ1) is 12.9. The number of rotatable bonds is 6. The average Bonchev–Trinajstić information content (AvgIpc) is 2.02. The first-order valence-corrected chi connectivity index (χ1v) is 4.36. The quantitative estimate of drug-likeness (QED) is 0.428. The van der Waals surface area contributed by atoms with Gasteiger partial charge in [-0.15, -0.1) is 0 Å². The smallest absolute Gasteiger partial charge is 0.332 e. The lowest BCUT2D eigenvalue weighted by molar-refractivity contribution is -0.147. The van der Waals surface area contributed by atoms with Gasteiger partial charge in [-0.1, -0.05) is 0 Å². The molecule has 0 aromatic carbocycles.